The maximum Gasteiger partial charge on any atom is 0.229 e. The van der Waals surface area contributed by atoms with E-state index in [0.29, 0.717) is 37.6 Å². The number of hydrogen-bond donors (Lipinski definition) is 1. The Kier molecular flexibility index (Phi) is 7.62. The molecule has 2 saturated heterocycles. The predicted octanol–water partition coefficient (Wildman–Crippen LogP) is 3.82. The Labute approximate surface area is 199 Å². The third kappa shape index (κ3) is 5.53. The van der Waals surface area contributed by atoms with E-state index in [9.17, 15) is 9.59 Å². The summed E-state index contributed by atoms with van der Waals surface area (Å²) in [4.78, 5) is 32.6. The molecule has 3 aliphatic heterocycles. The van der Waals surface area contributed by atoms with Gasteiger partial charge < -0.3 is 15.1 Å². The van der Waals surface area contributed by atoms with Crippen molar-refractivity contribution in [2.45, 2.75) is 72.0 Å². The van der Waals surface area contributed by atoms with Crippen molar-refractivity contribution >= 4 is 17.5 Å². The number of fused-ring (bicyclic) bond motifs is 3. The Hall–Kier alpha value is -2.08. The Morgan fingerprint density at radius 2 is 1.70 bits per heavy atom. The fraction of sp³-hybridized carbons (Fsp3) is 0.704. The number of nitrogens with zero attached hydrogens (tertiary/aromatic N) is 3. The molecule has 3 aliphatic rings. The van der Waals surface area contributed by atoms with Crippen molar-refractivity contribution in [3.05, 3.63) is 29.8 Å². The molecule has 2 amide bonds. The molecule has 6 nitrogen and oxygen atoms in total. The van der Waals surface area contributed by atoms with Crippen LogP contribution in [0.5, 0.6) is 0 Å². The van der Waals surface area contributed by atoms with E-state index in [1.165, 1.54) is 18.4 Å². The summed E-state index contributed by atoms with van der Waals surface area (Å²) in [5, 5.41) is 3.66. The average Bonchev–Trinajstić information content (AvgIpc) is 3.10. The van der Waals surface area contributed by atoms with Crippen molar-refractivity contribution in [2.24, 2.45) is 17.8 Å². The Bertz CT molecular complexity index is 833. The summed E-state index contributed by atoms with van der Waals surface area (Å²) in [6.07, 6.45) is 4.72. The van der Waals surface area contributed by atoms with Gasteiger partial charge in [-0.1, -0.05) is 45.9 Å². The molecule has 2 fully saturated rings. The van der Waals surface area contributed by atoms with Crippen molar-refractivity contribution in [1.82, 2.24) is 14.7 Å². The van der Waals surface area contributed by atoms with Crippen LogP contribution in [-0.2, 0) is 16.1 Å². The van der Waals surface area contributed by atoms with Gasteiger partial charge in [0.15, 0.2) is 0 Å². The third-order valence-electron chi connectivity index (χ3n) is 7.69. The Balaban J connectivity index is 1.53. The van der Waals surface area contributed by atoms with Gasteiger partial charge in [-0.2, -0.15) is 0 Å². The maximum atomic E-state index is 13.7. The summed E-state index contributed by atoms with van der Waals surface area (Å²) < 4.78 is 0. The zero-order valence-electron chi connectivity index (χ0n) is 20.9. The Morgan fingerprint density at radius 1 is 0.970 bits per heavy atom. The van der Waals surface area contributed by atoms with E-state index in [2.05, 4.69) is 53.2 Å². The fourth-order valence-corrected chi connectivity index (χ4v) is 5.63. The van der Waals surface area contributed by atoms with Crippen LogP contribution in [0.2, 0.25) is 0 Å². The second-order valence-corrected chi connectivity index (χ2v) is 11.0. The van der Waals surface area contributed by atoms with Crippen LogP contribution in [0, 0.1) is 17.8 Å². The summed E-state index contributed by atoms with van der Waals surface area (Å²) in [7, 11) is 0. The molecule has 0 spiro atoms. The molecule has 0 radical (unpaired) electrons. The number of hydrogen-bond acceptors (Lipinski definition) is 4. The van der Waals surface area contributed by atoms with E-state index in [-0.39, 0.29) is 23.7 Å². The minimum Gasteiger partial charge on any atom is -0.385 e. The molecule has 0 aliphatic carbocycles. The first-order valence-electron chi connectivity index (χ1n) is 13.0. The van der Waals surface area contributed by atoms with Crippen molar-refractivity contribution in [3.8, 4) is 0 Å². The number of carbonyl (C=O) groups excluding carboxylic acids is 2. The largest absolute Gasteiger partial charge is 0.385 e. The lowest BCUT2D eigenvalue weighted by Crippen LogP contribution is -2.58. The SMILES string of the molecule is CC(C)CCN1[C@H]2CCNc3ccccc3CN(C(=O)C3CN(C(=O)C(C)C)C3)C[C@@H]1CC2. The molecule has 3 heterocycles. The topological polar surface area (TPSA) is 55.9 Å². The number of carbonyl (C=O) groups is 2. The minimum atomic E-state index is -0.0701. The van der Waals surface area contributed by atoms with Gasteiger partial charge >= 0.3 is 0 Å². The van der Waals surface area contributed by atoms with Crippen molar-refractivity contribution in [3.63, 3.8) is 0 Å². The number of rotatable bonds is 5. The molecule has 6 heteroatoms. The van der Waals surface area contributed by atoms with Crippen LogP contribution in [0.15, 0.2) is 24.3 Å². The van der Waals surface area contributed by atoms with Gasteiger partial charge in [0.1, 0.15) is 0 Å². The average molecular weight is 455 g/mol. The van der Waals surface area contributed by atoms with E-state index in [1.807, 2.05) is 18.7 Å². The third-order valence-corrected chi connectivity index (χ3v) is 7.69. The first-order chi connectivity index (χ1) is 15.8. The quantitative estimate of drug-likeness (QED) is 0.735. The molecule has 2 atom stereocenters. The molecule has 182 valence electrons. The predicted molar refractivity (Wildman–Crippen MR) is 133 cm³/mol. The van der Waals surface area contributed by atoms with Crippen molar-refractivity contribution < 1.29 is 9.59 Å². The molecule has 1 N–H and O–H groups in total. The zero-order valence-corrected chi connectivity index (χ0v) is 20.9. The molecule has 1 aromatic rings. The van der Waals surface area contributed by atoms with Crippen molar-refractivity contribution in [1.29, 1.82) is 0 Å². The smallest absolute Gasteiger partial charge is 0.229 e. The lowest BCUT2D eigenvalue weighted by atomic mass is 9.95. The number of benzene rings is 1. The summed E-state index contributed by atoms with van der Waals surface area (Å²) in [6, 6.07) is 9.43. The monoisotopic (exact) mass is 454 g/mol. The molecule has 1 aromatic carbocycles. The molecular formula is C27H42N4O2. The standard InChI is InChI=1S/C27H42N4O2/c1-19(2)12-14-31-23-9-10-24(31)18-30(15-21-7-5-6-8-25(21)28-13-11-23)27(33)22-16-29(17-22)26(32)20(3)4/h5-8,19-20,22-24,28H,9-18H2,1-4H3/t23-,24+/m1/s1. The highest BCUT2D eigenvalue weighted by Gasteiger charge is 2.41. The van der Waals surface area contributed by atoms with Crippen LogP contribution in [0.25, 0.3) is 0 Å². The van der Waals surface area contributed by atoms with Crippen molar-refractivity contribution in [2.75, 3.05) is 38.0 Å². The van der Waals surface area contributed by atoms with E-state index in [1.54, 1.807) is 0 Å². The molecule has 0 aromatic heterocycles. The lowest BCUT2D eigenvalue weighted by molar-refractivity contribution is -0.151. The van der Waals surface area contributed by atoms with Gasteiger partial charge in [0.05, 0.1) is 5.92 Å². The van der Waals surface area contributed by atoms with Gasteiger partial charge in [-0.05, 0) is 49.8 Å². The van der Waals surface area contributed by atoms with Gasteiger partial charge in [0.2, 0.25) is 11.8 Å². The van der Waals surface area contributed by atoms with Crippen LogP contribution >= 0.6 is 0 Å². The summed E-state index contributed by atoms with van der Waals surface area (Å²) in [6.45, 7) is 13.1. The van der Waals surface area contributed by atoms with E-state index < -0.39 is 0 Å². The number of para-hydroxylation sites is 1. The second-order valence-electron chi connectivity index (χ2n) is 11.0. The normalized spacial score (nSPS) is 24.3. The molecule has 33 heavy (non-hydrogen) atoms. The van der Waals surface area contributed by atoms with Crippen LogP contribution in [0.1, 0.15) is 58.9 Å². The number of likely N-dealkylation sites (tertiary alicyclic amines) is 1. The fourth-order valence-electron chi connectivity index (χ4n) is 5.63. The van der Waals surface area contributed by atoms with Gasteiger partial charge in [-0.25, -0.2) is 0 Å². The van der Waals surface area contributed by atoms with Crippen LogP contribution in [0.3, 0.4) is 0 Å². The van der Waals surface area contributed by atoms with Gasteiger partial charge in [-0.15, -0.1) is 0 Å². The highest BCUT2D eigenvalue weighted by Crippen LogP contribution is 2.31. The summed E-state index contributed by atoms with van der Waals surface area (Å²) in [5.74, 6) is 0.969. The highest BCUT2D eigenvalue weighted by atomic mass is 16.2. The maximum absolute atomic E-state index is 13.7. The lowest BCUT2D eigenvalue weighted by Gasteiger charge is -2.42. The zero-order chi connectivity index (χ0) is 23.5. The molecular weight excluding hydrogens is 412 g/mol. The number of nitrogens with one attached hydrogen (secondary N) is 1. The van der Waals surface area contributed by atoms with Crippen LogP contribution in [0.4, 0.5) is 5.69 Å². The van der Waals surface area contributed by atoms with Gasteiger partial charge in [0, 0.05) is 56.4 Å². The summed E-state index contributed by atoms with van der Waals surface area (Å²) in [5.41, 5.74) is 2.33. The first kappa shape index (κ1) is 24.1. The van der Waals surface area contributed by atoms with Crippen LogP contribution in [-0.4, -0.2) is 71.3 Å². The van der Waals surface area contributed by atoms with E-state index >= 15 is 0 Å². The molecule has 0 saturated carbocycles. The van der Waals surface area contributed by atoms with Crippen LogP contribution < -0.4 is 5.32 Å². The first-order valence-corrected chi connectivity index (χ1v) is 13.0. The number of anilines is 1. The highest BCUT2D eigenvalue weighted by molar-refractivity contribution is 5.85. The Morgan fingerprint density at radius 3 is 2.42 bits per heavy atom. The minimum absolute atomic E-state index is 0.0124. The van der Waals surface area contributed by atoms with E-state index in [4.69, 9.17) is 0 Å². The summed E-state index contributed by atoms with van der Waals surface area (Å²) >= 11 is 0. The molecule has 0 unspecified atom stereocenters. The number of amides is 2. The molecule has 2 bridgehead atoms. The second kappa shape index (κ2) is 10.5. The van der Waals surface area contributed by atoms with E-state index in [0.717, 1.165) is 38.2 Å². The van der Waals surface area contributed by atoms with Gasteiger partial charge in [0.25, 0.3) is 0 Å². The molecule has 4 rings (SSSR count). The van der Waals surface area contributed by atoms with Gasteiger partial charge in [-0.3, -0.25) is 14.5 Å².